The van der Waals surface area contributed by atoms with Crippen LogP contribution in [-0.4, -0.2) is 20.9 Å². The summed E-state index contributed by atoms with van der Waals surface area (Å²) in [6.07, 6.45) is 2.55. The van der Waals surface area contributed by atoms with Gasteiger partial charge in [0.2, 0.25) is 0 Å². The number of nitrogens with one attached hydrogen (secondary N) is 3. The van der Waals surface area contributed by atoms with Gasteiger partial charge in [0, 0.05) is 12.4 Å². The highest BCUT2D eigenvalue weighted by Gasteiger charge is 2.12. The van der Waals surface area contributed by atoms with Crippen molar-refractivity contribution in [3.63, 3.8) is 0 Å². The summed E-state index contributed by atoms with van der Waals surface area (Å²) >= 11 is 3.21. The monoisotopic (exact) mass is 310 g/mol. The Bertz CT molecular complexity index is 707. The van der Waals surface area contributed by atoms with Gasteiger partial charge in [-0.2, -0.15) is 0 Å². The van der Waals surface area contributed by atoms with E-state index in [1.807, 2.05) is 4.98 Å². The highest BCUT2D eigenvalue weighted by atomic mass is 79.9. The van der Waals surface area contributed by atoms with Crippen LogP contribution in [0.25, 0.3) is 0 Å². The molecule has 0 saturated heterocycles. The van der Waals surface area contributed by atoms with Gasteiger partial charge in [-0.1, -0.05) is 0 Å². The van der Waals surface area contributed by atoms with Gasteiger partial charge >= 0.3 is 5.69 Å². The van der Waals surface area contributed by atoms with E-state index in [1.165, 1.54) is 6.20 Å². The fraction of sp³-hybridized carbons (Fsp3) is 0. The summed E-state index contributed by atoms with van der Waals surface area (Å²) in [4.78, 5) is 42.1. The van der Waals surface area contributed by atoms with Crippen LogP contribution in [-0.2, 0) is 0 Å². The fourth-order valence-electron chi connectivity index (χ4n) is 1.23. The van der Waals surface area contributed by atoms with Crippen molar-refractivity contribution in [2.75, 3.05) is 5.32 Å². The first kappa shape index (κ1) is 12.2. The van der Waals surface area contributed by atoms with Crippen LogP contribution >= 0.6 is 15.9 Å². The summed E-state index contributed by atoms with van der Waals surface area (Å²) in [6.45, 7) is 0. The van der Waals surface area contributed by atoms with Crippen LogP contribution in [0.5, 0.6) is 0 Å². The average molecular weight is 311 g/mol. The number of anilines is 1. The molecule has 0 bridgehead atoms. The Morgan fingerprint density at radius 3 is 2.83 bits per heavy atom. The lowest BCUT2D eigenvalue weighted by atomic mass is 10.3. The zero-order valence-electron chi connectivity index (χ0n) is 8.86. The van der Waals surface area contributed by atoms with E-state index in [1.54, 1.807) is 12.1 Å². The van der Waals surface area contributed by atoms with E-state index in [0.717, 1.165) is 6.20 Å². The van der Waals surface area contributed by atoms with Crippen LogP contribution in [0, 0.1) is 0 Å². The van der Waals surface area contributed by atoms with Crippen molar-refractivity contribution in [3.05, 3.63) is 55.4 Å². The van der Waals surface area contributed by atoms with Gasteiger partial charge in [0.25, 0.3) is 11.5 Å². The number of amides is 1. The topological polar surface area (TPSA) is 108 Å². The highest BCUT2D eigenvalue weighted by molar-refractivity contribution is 9.10. The zero-order valence-corrected chi connectivity index (χ0v) is 10.4. The van der Waals surface area contributed by atoms with Crippen LogP contribution < -0.4 is 16.6 Å². The quantitative estimate of drug-likeness (QED) is 0.749. The molecule has 0 unspecified atom stereocenters. The first-order valence-corrected chi connectivity index (χ1v) is 5.61. The number of H-pyrrole nitrogens is 2. The standard InChI is InChI=1S/C10H7BrN4O3/c11-6-2-1-3-12-7(6)14-8(16)5-4-13-10(18)15-9(5)17/h1-4H,(H,12,14,16)(H2,13,15,17,18). The number of aromatic amines is 2. The summed E-state index contributed by atoms with van der Waals surface area (Å²) in [5.74, 6) is -0.375. The zero-order chi connectivity index (χ0) is 13.1. The Balaban J connectivity index is 2.31. The largest absolute Gasteiger partial charge is 0.325 e. The van der Waals surface area contributed by atoms with E-state index >= 15 is 0 Å². The maximum Gasteiger partial charge on any atom is 0.325 e. The van der Waals surface area contributed by atoms with Gasteiger partial charge in [0.1, 0.15) is 11.4 Å². The van der Waals surface area contributed by atoms with Crippen LogP contribution in [0.1, 0.15) is 10.4 Å². The van der Waals surface area contributed by atoms with Gasteiger partial charge in [-0.3, -0.25) is 14.6 Å². The third-order valence-corrected chi connectivity index (χ3v) is 2.69. The van der Waals surface area contributed by atoms with Crippen molar-refractivity contribution in [2.24, 2.45) is 0 Å². The van der Waals surface area contributed by atoms with E-state index in [9.17, 15) is 14.4 Å². The molecule has 2 aromatic heterocycles. The smallest absolute Gasteiger partial charge is 0.313 e. The van der Waals surface area contributed by atoms with Gasteiger partial charge in [-0.25, -0.2) is 9.78 Å². The van der Waals surface area contributed by atoms with Crippen molar-refractivity contribution in [3.8, 4) is 0 Å². The predicted octanol–water partition coefficient (Wildman–Crippen LogP) is 0.473. The number of rotatable bonds is 2. The number of halogens is 1. The lowest BCUT2D eigenvalue weighted by Crippen LogP contribution is -2.29. The van der Waals surface area contributed by atoms with Crippen LogP contribution in [0.15, 0.2) is 38.6 Å². The molecule has 92 valence electrons. The molecule has 0 aliphatic heterocycles. The molecule has 2 aromatic rings. The van der Waals surface area contributed by atoms with Crippen molar-refractivity contribution in [1.82, 2.24) is 15.0 Å². The molecule has 3 N–H and O–H groups in total. The first-order chi connectivity index (χ1) is 8.58. The van der Waals surface area contributed by atoms with Crippen LogP contribution in [0.3, 0.4) is 0 Å². The third-order valence-electron chi connectivity index (χ3n) is 2.05. The second-order valence-electron chi connectivity index (χ2n) is 3.27. The Morgan fingerprint density at radius 2 is 2.17 bits per heavy atom. The molecule has 0 aliphatic carbocycles. The highest BCUT2D eigenvalue weighted by Crippen LogP contribution is 2.18. The molecule has 7 nitrogen and oxygen atoms in total. The minimum absolute atomic E-state index is 0.202. The van der Waals surface area contributed by atoms with Gasteiger partial charge in [-0.05, 0) is 28.1 Å². The van der Waals surface area contributed by atoms with Gasteiger partial charge < -0.3 is 10.3 Å². The van der Waals surface area contributed by atoms with Gasteiger partial charge in [-0.15, -0.1) is 0 Å². The van der Waals surface area contributed by atoms with E-state index < -0.39 is 17.2 Å². The Kier molecular flexibility index (Phi) is 3.38. The molecular formula is C10H7BrN4O3. The molecule has 0 aliphatic rings. The van der Waals surface area contributed by atoms with Gasteiger partial charge in [0.15, 0.2) is 0 Å². The molecule has 18 heavy (non-hydrogen) atoms. The molecule has 0 atom stereocenters. The predicted molar refractivity (Wildman–Crippen MR) is 67.6 cm³/mol. The van der Waals surface area contributed by atoms with Crippen molar-refractivity contribution in [1.29, 1.82) is 0 Å². The number of hydrogen-bond donors (Lipinski definition) is 3. The molecule has 0 radical (unpaired) electrons. The number of nitrogens with zero attached hydrogens (tertiary/aromatic N) is 1. The lowest BCUT2D eigenvalue weighted by molar-refractivity contribution is 0.102. The van der Waals surface area contributed by atoms with Crippen molar-refractivity contribution < 1.29 is 4.79 Å². The van der Waals surface area contributed by atoms with E-state index in [0.29, 0.717) is 4.47 Å². The Morgan fingerprint density at radius 1 is 1.39 bits per heavy atom. The summed E-state index contributed by atoms with van der Waals surface area (Å²) in [7, 11) is 0. The molecule has 0 saturated carbocycles. The molecule has 2 rings (SSSR count). The number of hydrogen-bond acceptors (Lipinski definition) is 4. The normalized spacial score (nSPS) is 10.1. The first-order valence-electron chi connectivity index (χ1n) is 4.82. The number of carbonyl (C=O) groups excluding carboxylic acids is 1. The van der Waals surface area contributed by atoms with Gasteiger partial charge in [0.05, 0.1) is 4.47 Å². The molecular weight excluding hydrogens is 304 g/mol. The summed E-state index contributed by atoms with van der Waals surface area (Å²) < 4.78 is 0.583. The second kappa shape index (κ2) is 4.96. The summed E-state index contributed by atoms with van der Waals surface area (Å²) in [5.41, 5.74) is -1.63. The molecule has 8 heteroatoms. The van der Waals surface area contributed by atoms with E-state index in [4.69, 9.17) is 0 Å². The van der Waals surface area contributed by atoms with E-state index in [-0.39, 0.29) is 11.4 Å². The molecule has 2 heterocycles. The second-order valence-corrected chi connectivity index (χ2v) is 4.13. The molecule has 1 amide bonds. The number of carbonyl (C=O) groups is 1. The minimum atomic E-state index is -0.761. The minimum Gasteiger partial charge on any atom is -0.313 e. The van der Waals surface area contributed by atoms with Crippen LogP contribution in [0.4, 0.5) is 5.82 Å². The van der Waals surface area contributed by atoms with Crippen molar-refractivity contribution in [2.45, 2.75) is 0 Å². The number of aromatic nitrogens is 3. The van der Waals surface area contributed by atoms with Crippen molar-refractivity contribution >= 4 is 27.7 Å². The van der Waals surface area contributed by atoms with E-state index in [2.05, 4.69) is 31.2 Å². The molecule has 0 aromatic carbocycles. The SMILES string of the molecule is O=C(Nc1ncccc1Br)c1c[nH]c(=O)[nH]c1=O. The molecule has 0 fully saturated rings. The number of pyridine rings is 1. The Hall–Kier alpha value is -2.22. The van der Waals surface area contributed by atoms with Crippen LogP contribution in [0.2, 0.25) is 0 Å². The molecule has 0 spiro atoms. The fourth-order valence-corrected chi connectivity index (χ4v) is 1.59. The Labute approximate surface area is 108 Å². The summed E-state index contributed by atoms with van der Waals surface area (Å²) in [5, 5.41) is 2.45. The average Bonchev–Trinajstić information content (AvgIpc) is 2.32. The summed E-state index contributed by atoms with van der Waals surface area (Å²) in [6, 6.07) is 3.38. The maximum atomic E-state index is 11.8. The lowest BCUT2D eigenvalue weighted by Gasteiger charge is -2.04. The third kappa shape index (κ3) is 2.54. The maximum absolute atomic E-state index is 11.8.